The highest BCUT2D eigenvalue weighted by molar-refractivity contribution is 5.87. The molecule has 0 radical (unpaired) electrons. The summed E-state index contributed by atoms with van der Waals surface area (Å²) in [4.78, 5) is 24.5. The molecule has 0 heterocycles. The highest BCUT2D eigenvalue weighted by atomic mass is 16.1. The van der Waals surface area contributed by atoms with Crippen molar-refractivity contribution >= 4 is 11.6 Å². The van der Waals surface area contributed by atoms with Crippen molar-refractivity contribution in [3.05, 3.63) is 0 Å². The van der Waals surface area contributed by atoms with Gasteiger partial charge in [-0.2, -0.15) is 5.26 Å². The van der Waals surface area contributed by atoms with Crippen LogP contribution in [0.25, 0.3) is 0 Å². The summed E-state index contributed by atoms with van der Waals surface area (Å²) >= 11 is 0. The minimum Gasteiger partial charge on any atom is -0.300 e. The summed E-state index contributed by atoms with van der Waals surface area (Å²) in [6, 6.07) is 2.61. The number of nitriles is 1. The van der Waals surface area contributed by atoms with Crippen LogP contribution in [0.4, 0.5) is 0 Å². The number of carbonyl (C=O) groups is 2. The van der Waals surface area contributed by atoms with Crippen molar-refractivity contribution in [2.45, 2.75) is 71.6 Å². The molecule has 0 aromatic rings. The molecule has 4 aliphatic carbocycles. The van der Waals surface area contributed by atoms with Gasteiger partial charge in [-0.05, 0) is 61.7 Å². The molecule has 0 aromatic heterocycles. The second kappa shape index (κ2) is 4.68. The first-order valence-electron chi connectivity index (χ1n) is 9.33. The van der Waals surface area contributed by atoms with Crippen LogP contribution < -0.4 is 0 Å². The van der Waals surface area contributed by atoms with Crippen LogP contribution in [-0.4, -0.2) is 11.6 Å². The summed E-state index contributed by atoms with van der Waals surface area (Å²) in [5.74, 6) is 2.37. The van der Waals surface area contributed by atoms with E-state index in [2.05, 4.69) is 19.9 Å². The van der Waals surface area contributed by atoms with Gasteiger partial charge in [0.05, 0.1) is 11.5 Å². The van der Waals surface area contributed by atoms with E-state index in [4.69, 9.17) is 0 Å². The zero-order chi connectivity index (χ0) is 16.5. The smallest absolute Gasteiger partial charge is 0.139 e. The molecule has 3 heteroatoms. The number of hydrogen-bond donors (Lipinski definition) is 0. The van der Waals surface area contributed by atoms with Crippen LogP contribution in [-0.2, 0) is 9.59 Å². The molecule has 0 aromatic carbocycles. The number of hydrogen-bond acceptors (Lipinski definition) is 3. The van der Waals surface area contributed by atoms with Gasteiger partial charge in [-0.1, -0.05) is 13.8 Å². The lowest BCUT2D eigenvalue weighted by Crippen LogP contribution is -2.58. The molecular formula is C20H27NO2. The van der Waals surface area contributed by atoms with Crippen molar-refractivity contribution in [1.29, 1.82) is 5.26 Å². The van der Waals surface area contributed by atoms with Crippen molar-refractivity contribution < 1.29 is 9.59 Å². The zero-order valence-electron chi connectivity index (χ0n) is 14.4. The van der Waals surface area contributed by atoms with Crippen LogP contribution in [0, 0.1) is 45.3 Å². The van der Waals surface area contributed by atoms with E-state index in [1.54, 1.807) is 0 Å². The molecule has 0 bridgehead atoms. The van der Waals surface area contributed by atoms with Crippen molar-refractivity contribution in [2.75, 3.05) is 0 Å². The molecule has 4 fully saturated rings. The molecule has 0 spiro atoms. The Kier molecular flexibility index (Phi) is 3.13. The normalized spacial score (nSPS) is 52.3. The Morgan fingerprint density at radius 1 is 1.00 bits per heavy atom. The standard InChI is InChI=1S/C20H27NO2/c1-18-8-7-16-14(15(18)3-4-17(18)23)6-10-20(12-21)11-13(22)5-9-19(16,20)2/h14-16H,3-11H2,1-2H3/t14-,15+,16+,18-,19+,20-/m0/s1. The van der Waals surface area contributed by atoms with E-state index in [0.717, 1.165) is 44.9 Å². The van der Waals surface area contributed by atoms with Gasteiger partial charge in [0.25, 0.3) is 0 Å². The van der Waals surface area contributed by atoms with E-state index >= 15 is 0 Å². The van der Waals surface area contributed by atoms with Gasteiger partial charge in [0, 0.05) is 24.7 Å². The predicted octanol–water partition coefficient (Wildman–Crippen LogP) is 4.06. The second-order valence-electron chi connectivity index (χ2n) is 9.16. The third kappa shape index (κ3) is 1.76. The van der Waals surface area contributed by atoms with E-state index in [-0.39, 0.29) is 16.6 Å². The molecule has 0 aliphatic heterocycles. The van der Waals surface area contributed by atoms with Gasteiger partial charge in [-0.3, -0.25) is 9.59 Å². The van der Waals surface area contributed by atoms with E-state index in [9.17, 15) is 14.9 Å². The minimum atomic E-state index is -0.445. The van der Waals surface area contributed by atoms with Crippen LogP contribution >= 0.6 is 0 Å². The third-order valence-corrected chi connectivity index (χ3v) is 8.60. The molecule has 6 atom stereocenters. The van der Waals surface area contributed by atoms with Crippen molar-refractivity contribution in [2.24, 2.45) is 34.0 Å². The molecule has 0 N–H and O–H groups in total. The first-order valence-corrected chi connectivity index (χ1v) is 9.33. The van der Waals surface area contributed by atoms with Gasteiger partial charge in [0.2, 0.25) is 0 Å². The van der Waals surface area contributed by atoms with Gasteiger partial charge in [-0.15, -0.1) is 0 Å². The summed E-state index contributed by atoms with van der Waals surface area (Å²) in [6.45, 7) is 4.49. The van der Waals surface area contributed by atoms with Crippen molar-refractivity contribution in [3.63, 3.8) is 0 Å². The van der Waals surface area contributed by atoms with Crippen LogP contribution in [0.1, 0.15) is 71.6 Å². The molecule has 0 unspecified atom stereocenters. The number of ketones is 2. The Morgan fingerprint density at radius 3 is 2.52 bits per heavy atom. The molecule has 4 rings (SSSR count). The second-order valence-corrected chi connectivity index (χ2v) is 9.16. The van der Waals surface area contributed by atoms with Crippen LogP contribution in [0.3, 0.4) is 0 Å². The number of nitrogens with zero attached hydrogens (tertiary/aromatic N) is 1. The number of Topliss-reactive ketones (excluding diaryl/α,β-unsaturated/α-hetero) is 2. The average molecular weight is 313 g/mol. The summed E-state index contributed by atoms with van der Waals surface area (Å²) in [6.07, 6.45) is 7.72. The fourth-order valence-electron chi connectivity index (χ4n) is 7.07. The van der Waals surface area contributed by atoms with Crippen LogP contribution in [0.2, 0.25) is 0 Å². The maximum absolute atomic E-state index is 12.4. The minimum absolute atomic E-state index is 0.0362. The van der Waals surface area contributed by atoms with Crippen LogP contribution in [0.5, 0.6) is 0 Å². The summed E-state index contributed by atoms with van der Waals surface area (Å²) in [5, 5.41) is 9.97. The molecule has 3 nitrogen and oxygen atoms in total. The van der Waals surface area contributed by atoms with E-state index < -0.39 is 5.41 Å². The van der Waals surface area contributed by atoms with Crippen LogP contribution in [0.15, 0.2) is 0 Å². The highest BCUT2D eigenvalue weighted by Crippen LogP contribution is 2.68. The van der Waals surface area contributed by atoms with Gasteiger partial charge in [0.15, 0.2) is 0 Å². The lowest BCUT2D eigenvalue weighted by Gasteiger charge is -2.62. The topological polar surface area (TPSA) is 57.9 Å². The average Bonchev–Trinajstić information content (AvgIpc) is 2.84. The lowest BCUT2D eigenvalue weighted by molar-refractivity contribution is -0.154. The maximum Gasteiger partial charge on any atom is 0.139 e. The Balaban J connectivity index is 1.73. The zero-order valence-corrected chi connectivity index (χ0v) is 14.4. The Labute approximate surface area is 138 Å². The third-order valence-electron chi connectivity index (χ3n) is 8.60. The van der Waals surface area contributed by atoms with E-state index in [1.165, 1.54) is 0 Å². The first-order chi connectivity index (χ1) is 10.9. The first kappa shape index (κ1) is 15.4. The van der Waals surface area contributed by atoms with E-state index in [1.807, 2.05) is 0 Å². The summed E-state index contributed by atoms with van der Waals surface area (Å²) in [5.41, 5.74) is -0.583. The fraction of sp³-hybridized carbons (Fsp3) is 0.850. The van der Waals surface area contributed by atoms with Gasteiger partial charge in [0.1, 0.15) is 11.6 Å². The Bertz CT molecular complexity index is 620. The summed E-state index contributed by atoms with van der Waals surface area (Å²) < 4.78 is 0. The monoisotopic (exact) mass is 313 g/mol. The fourth-order valence-corrected chi connectivity index (χ4v) is 7.07. The number of carbonyl (C=O) groups excluding carboxylic acids is 2. The van der Waals surface area contributed by atoms with Gasteiger partial charge >= 0.3 is 0 Å². The molecule has 124 valence electrons. The predicted molar refractivity (Wildman–Crippen MR) is 86.3 cm³/mol. The number of rotatable bonds is 0. The lowest BCUT2D eigenvalue weighted by atomic mass is 9.40. The molecular weight excluding hydrogens is 286 g/mol. The number of fused-ring (bicyclic) bond motifs is 5. The van der Waals surface area contributed by atoms with Crippen molar-refractivity contribution in [1.82, 2.24) is 0 Å². The Hall–Kier alpha value is -1.17. The molecule has 0 amide bonds. The summed E-state index contributed by atoms with van der Waals surface area (Å²) in [7, 11) is 0. The largest absolute Gasteiger partial charge is 0.300 e. The molecule has 4 saturated carbocycles. The molecule has 0 saturated heterocycles. The molecule has 23 heavy (non-hydrogen) atoms. The van der Waals surface area contributed by atoms with E-state index in [0.29, 0.717) is 36.4 Å². The van der Waals surface area contributed by atoms with Gasteiger partial charge < -0.3 is 0 Å². The maximum atomic E-state index is 12.4. The quantitative estimate of drug-likeness (QED) is 0.677. The molecule has 4 aliphatic rings. The highest BCUT2D eigenvalue weighted by Gasteiger charge is 2.65. The Morgan fingerprint density at radius 2 is 1.78 bits per heavy atom. The van der Waals surface area contributed by atoms with Gasteiger partial charge in [-0.25, -0.2) is 0 Å². The van der Waals surface area contributed by atoms with Crippen molar-refractivity contribution in [3.8, 4) is 6.07 Å². The SMILES string of the molecule is C[C@]12CC[C@@H]3[C@@H](CC[C@@]4(C#N)CC(=O)CC[C@]34C)[C@H]1CCC2=O.